The van der Waals surface area contributed by atoms with Crippen molar-refractivity contribution >= 4 is 11.8 Å². The van der Waals surface area contributed by atoms with Crippen LogP contribution in [0.2, 0.25) is 0 Å². The molecule has 0 saturated carbocycles. The summed E-state index contributed by atoms with van der Waals surface area (Å²) in [7, 11) is 3.21. The van der Waals surface area contributed by atoms with Gasteiger partial charge < -0.3 is 14.5 Å². The number of H-pyrrole nitrogens is 1. The fourth-order valence-corrected chi connectivity index (χ4v) is 2.98. The molecule has 0 saturated heterocycles. The zero-order valence-electron chi connectivity index (χ0n) is 16.3. The van der Waals surface area contributed by atoms with Crippen LogP contribution in [0, 0.1) is 13.8 Å². The number of nitrogens with zero attached hydrogens (tertiary/aromatic N) is 1. The van der Waals surface area contributed by atoms with Crippen molar-refractivity contribution < 1.29 is 19.1 Å². The molecule has 0 radical (unpaired) electrons. The van der Waals surface area contributed by atoms with E-state index >= 15 is 0 Å². The fraction of sp³-hybridized carbons (Fsp3) is 0.333. The van der Waals surface area contributed by atoms with Crippen molar-refractivity contribution in [2.45, 2.75) is 20.4 Å². The Morgan fingerprint density at radius 1 is 1.22 bits per heavy atom. The lowest BCUT2D eigenvalue weighted by atomic mass is 10.1. The van der Waals surface area contributed by atoms with Crippen LogP contribution in [0.5, 0.6) is 5.75 Å². The van der Waals surface area contributed by atoms with E-state index in [0.717, 1.165) is 11.3 Å². The van der Waals surface area contributed by atoms with Gasteiger partial charge in [-0.2, -0.15) is 0 Å². The van der Waals surface area contributed by atoms with Crippen LogP contribution in [0.4, 0.5) is 0 Å². The number of carbonyl (C=O) groups excluding carboxylic acids is 2. The van der Waals surface area contributed by atoms with E-state index in [-0.39, 0.29) is 12.3 Å². The lowest BCUT2D eigenvalue weighted by molar-refractivity contribution is 0.0599. The van der Waals surface area contributed by atoms with Gasteiger partial charge in [-0.1, -0.05) is 24.8 Å². The van der Waals surface area contributed by atoms with Gasteiger partial charge in [0.15, 0.2) is 5.78 Å². The number of benzene rings is 1. The second-order valence-corrected chi connectivity index (χ2v) is 6.46. The molecule has 1 aromatic carbocycles. The molecule has 0 aliphatic heterocycles. The molecule has 2 rings (SSSR count). The van der Waals surface area contributed by atoms with Crippen molar-refractivity contribution in [1.82, 2.24) is 9.88 Å². The Bertz CT molecular complexity index is 821. The minimum absolute atomic E-state index is 0.0702. The van der Waals surface area contributed by atoms with Crippen molar-refractivity contribution in [2.75, 3.05) is 27.3 Å². The predicted octanol–water partition coefficient (Wildman–Crippen LogP) is 3.30. The van der Waals surface area contributed by atoms with Crippen LogP contribution < -0.4 is 4.74 Å². The molecular weight excluding hydrogens is 344 g/mol. The van der Waals surface area contributed by atoms with E-state index in [4.69, 9.17) is 9.47 Å². The van der Waals surface area contributed by atoms with Gasteiger partial charge in [-0.3, -0.25) is 9.69 Å². The molecule has 27 heavy (non-hydrogen) atoms. The Labute approximate surface area is 159 Å². The van der Waals surface area contributed by atoms with Gasteiger partial charge in [-0.05, 0) is 44.2 Å². The maximum Gasteiger partial charge on any atom is 0.339 e. The van der Waals surface area contributed by atoms with Gasteiger partial charge in [0.2, 0.25) is 0 Å². The summed E-state index contributed by atoms with van der Waals surface area (Å²) >= 11 is 0. The predicted molar refractivity (Wildman–Crippen MR) is 104 cm³/mol. The molecule has 0 amide bonds. The number of nitrogens with one attached hydrogen (secondary N) is 1. The van der Waals surface area contributed by atoms with Crippen LogP contribution in [0.15, 0.2) is 36.9 Å². The number of hydrogen-bond acceptors (Lipinski definition) is 5. The Kier molecular flexibility index (Phi) is 6.96. The highest BCUT2D eigenvalue weighted by atomic mass is 16.5. The van der Waals surface area contributed by atoms with E-state index in [1.54, 1.807) is 19.9 Å². The first kappa shape index (κ1) is 20.5. The first-order valence-corrected chi connectivity index (χ1v) is 8.69. The summed E-state index contributed by atoms with van der Waals surface area (Å²) in [5.41, 5.74) is 3.22. The van der Waals surface area contributed by atoms with E-state index in [9.17, 15) is 9.59 Å². The third-order valence-corrected chi connectivity index (χ3v) is 4.26. The fourth-order valence-electron chi connectivity index (χ4n) is 2.98. The van der Waals surface area contributed by atoms with Crippen molar-refractivity contribution in [3.05, 3.63) is 65.0 Å². The summed E-state index contributed by atoms with van der Waals surface area (Å²) < 4.78 is 10.3. The number of methoxy groups -OCH3 is 1. The Morgan fingerprint density at radius 3 is 2.48 bits per heavy atom. The molecule has 0 fully saturated rings. The molecule has 6 heteroatoms. The number of aromatic nitrogens is 1. The highest BCUT2D eigenvalue weighted by Crippen LogP contribution is 2.20. The Balaban J connectivity index is 2.01. The van der Waals surface area contributed by atoms with E-state index in [2.05, 4.69) is 11.6 Å². The summed E-state index contributed by atoms with van der Waals surface area (Å²) in [5, 5.41) is 0. The minimum atomic E-state index is -0.438. The lowest BCUT2D eigenvalue weighted by Gasteiger charge is -2.16. The molecule has 1 heterocycles. The van der Waals surface area contributed by atoms with Crippen molar-refractivity contribution in [3.63, 3.8) is 0 Å². The largest absolute Gasteiger partial charge is 0.490 e. The van der Waals surface area contributed by atoms with Gasteiger partial charge in [0.25, 0.3) is 0 Å². The van der Waals surface area contributed by atoms with Gasteiger partial charge in [0, 0.05) is 12.2 Å². The van der Waals surface area contributed by atoms with Crippen molar-refractivity contribution in [2.24, 2.45) is 0 Å². The molecule has 0 aliphatic rings. The molecule has 2 aromatic rings. The number of aromatic amines is 1. The highest BCUT2D eigenvalue weighted by Gasteiger charge is 2.23. The first-order valence-electron chi connectivity index (χ1n) is 8.69. The number of ether oxygens (including phenoxy) is 2. The van der Waals surface area contributed by atoms with E-state index < -0.39 is 5.97 Å². The van der Waals surface area contributed by atoms with Crippen LogP contribution in [-0.4, -0.2) is 48.9 Å². The summed E-state index contributed by atoms with van der Waals surface area (Å²) in [5.74, 6) is 0.275. The molecular formula is C21H26N2O4. The highest BCUT2D eigenvalue weighted by molar-refractivity contribution is 6.02. The van der Waals surface area contributed by atoms with E-state index in [1.165, 1.54) is 7.11 Å². The van der Waals surface area contributed by atoms with Gasteiger partial charge in [-0.25, -0.2) is 4.79 Å². The molecule has 0 spiro atoms. The Hall–Kier alpha value is -2.86. The monoisotopic (exact) mass is 370 g/mol. The topological polar surface area (TPSA) is 71.6 Å². The van der Waals surface area contributed by atoms with Crippen LogP contribution in [-0.2, 0) is 11.3 Å². The molecule has 144 valence electrons. The molecule has 0 bridgehead atoms. The summed E-state index contributed by atoms with van der Waals surface area (Å²) in [6.45, 7) is 8.46. The smallest absolute Gasteiger partial charge is 0.339 e. The second-order valence-electron chi connectivity index (χ2n) is 6.46. The van der Waals surface area contributed by atoms with Crippen LogP contribution in [0.1, 0.15) is 37.7 Å². The van der Waals surface area contributed by atoms with E-state index in [1.807, 2.05) is 36.2 Å². The van der Waals surface area contributed by atoms with Crippen molar-refractivity contribution in [1.29, 1.82) is 0 Å². The molecule has 1 N–H and O–H groups in total. The van der Waals surface area contributed by atoms with Crippen LogP contribution in [0.25, 0.3) is 0 Å². The lowest BCUT2D eigenvalue weighted by Crippen LogP contribution is -2.26. The second kappa shape index (κ2) is 9.19. The SMILES string of the molecule is C=CCOc1ccc(CN(C)CC(=O)c2[nH]c(C)c(C(=O)OC)c2C)cc1. The average molecular weight is 370 g/mol. The van der Waals surface area contributed by atoms with Crippen LogP contribution in [0.3, 0.4) is 0 Å². The number of rotatable bonds is 9. The summed E-state index contributed by atoms with van der Waals surface area (Å²) in [6, 6.07) is 7.74. The number of esters is 1. The quantitative estimate of drug-likeness (QED) is 0.417. The van der Waals surface area contributed by atoms with E-state index in [0.29, 0.717) is 35.7 Å². The molecule has 1 aromatic heterocycles. The number of Topliss-reactive ketones (excluding diaryl/α,β-unsaturated/α-hetero) is 1. The minimum Gasteiger partial charge on any atom is -0.490 e. The van der Waals surface area contributed by atoms with Crippen molar-refractivity contribution in [3.8, 4) is 5.75 Å². The normalized spacial score (nSPS) is 10.7. The zero-order chi connectivity index (χ0) is 20.0. The number of aryl methyl sites for hydroxylation is 1. The molecule has 0 aliphatic carbocycles. The third-order valence-electron chi connectivity index (χ3n) is 4.26. The van der Waals surface area contributed by atoms with Gasteiger partial charge in [-0.15, -0.1) is 0 Å². The van der Waals surface area contributed by atoms with Crippen LogP contribution >= 0.6 is 0 Å². The summed E-state index contributed by atoms with van der Waals surface area (Å²) in [4.78, 5) is 29.5. The van der Waals surface area contributed by atoms with Gasteiger partial charge in [0.1, 0.15) is 12.4 Å². The number of ketones is 1. The maximum atomic E-state index is 12.7. The molecule has 6 nitrogen and oxygen atoms in total. The number of carbonyl (C=O) groups is 2. The average Bonchev–Trinajstić information content (AvgIpc) is 2.95. The number of likely N-dealkylation sites (N-methyl/N-ethyl adjacent to an activating group) is 1. The van der Waals surface area contributed by atoms with Gasteiger partial charge in [0.05, 0.1) is 24.9 Å². The molecule has 0 atom stereocenters. The standard InChI is InChI=1S/C21H26N2O4/c1-6-11-27-17-9-7-16(8-10-17)12-23(4)13-18(24)20-14(2)19(15(3)22-20)21(25)26-5/h6-10,22H,1,11-13H2,2-5H3. The van der Waals surface area contributed by atoms with Gasteiger partial charge >= 0.3 is 5.97 Å². The Morgan fingerprint density at radius 2 is 1.89 bits per heavy atom. The molecule has 0 unspecified atom stereocenters. The third kappa shape index (κ3) is 5.08. The number of hydrogen-bond donors (Lipinski definition) is 1. The summed E-state index contributed by atoms with van der Waals surface area (Å²) in [6.07, 6.45) is 1.70. The first-order chi connectivity index (χ1) is 12.9. The zero-order valence-corrected chi connectivity index (χ0v) is 16.3. The maximum absolute atomic E-state index is 12.7.